The summed E-state index contributed by atoms with van der Waals surface area (Å²) in [6.45, 7) is 9.92. The van der Waals surface area contributed by atoms with Crippen molar-refractivity contribution >= 4 is 17.7 Å². The molecule has 0 aromatic heterocycles. The monoisotopic (exact) mass is 450 g/mol. The molecule has 2 saturated carbocycles. The van der Waals surface area contributed by atoms with Crippen LogP contribution in [0, 0.1) is 16.7 Å². The highest BCUT2D eigenvalue weighted by atomic mass is 16.6. The van der Waals surface area contributed by atoms with Crippen LogP contribution in [0.25, 0.3) is 0 Å². The van der Waals surface area contributed by atoms with Crippen molar-refractivity contribution in [1.82, 2.24) is 0 Å². The average Bonchev–Trinajstić information content (AvgIpc) is 2.67. The highest BCUT2D eigenvalue weighted by Crippen LogP contribution is 2.63. The highest BCUT2D eigenvalue weighted by molar-refractivity contribution is 5.94. The Morgan fingerprint density at radius 3 is 2.34 bits per heavy atom. The fraction of sp³-hybridized carbons (Fsp3) is 0.792. The minimum Gasteiger partial charge on any atom is -0.454 e. The van der Waals surface area contributed by atoms with Crippen LogP contribution in [0.15, 0.2) is 11.1 Å². The summed E-state index contributed by atoms with van der Waals surface area (Å²) < 4.78 is 17.1. The number of allylic oxidation sites excluding steroid dienone is 1. The third-order valence-electron chi connectivity index (χ3n) is 8.90. The lowest BCUT2D eigenvalue weighted by molar-refractivity contribution is -0.327. The smallest absolute Gasteiger partial charge is 0.303 e. The molecular formula is C24H34O8. The first-order valence-electron chi connectivity index (χ1n) is 11.3. The molecule has 178 valence electrons. The lowest BCUT2D eigenvalue weighted by atomic mass is 9.46. The van der Waals surface area contributed by atoms with Gasteiger partial charge in [-0.1, -0.05) is 19.4 Å². The number of fused-ring (bicyclic) bond motifs is 5. The molecule has 0 amide bonds. The van der Waals surface area contributed by atoms with Gasteiger partial charge in [-0.25, -0.2) is 0 Å². The maximum Gasteiger partial charge on any atom is 0.303 e. The van der Waals surface area contributed by atoms with Gasteiger partial charge >= 0.3 is 11.9 Å². The molecule has 0 aromatic rings. The summed E-state index contributed by atoms with van der Waals surface area (Å²) >= 11 is 0. The fourth-order valence-corrected chi connectivity index (χ4v) is 6.86. The Balaban J connectivity index is 1.97. The molecule has 1 saturated heterocycles. The van der Waals surface area contributed by atoms with Crippen LogP contribution in [-0.4, -0.2) is 64.1 Å². The minimum atomic E-state index is -1.41. The normalized spacial score (nSPS) is 44.9. The van der Waals surface area contributed by atoms with Crippen molar-refractivity contribution in [3.8, 4) is 0 Å². The first-order chi connectivity index (χ1) is 14.7. The SMILES string of the molecule is CC(=O)O[C@H]1C(=O)[C@@]2(C)[C@H](C[C@]3(O)CCC(C)=C1C3(C)C)[C@]1(OC(C)=O)CO[C@@H]1C[C@@H]2O. The summed E-state index contributed by atoms with van der Waals surface area (Å²) in [4.78, 5) is 38.4. The van der Waals surface area contributed by atoms with Gasteiger partial charge in [0.15, 0.2) is 17.5 Å². The Bertz CT molecular complexity index is 906. The molecule has 1 aliphatic heterocycles. The van der Waals surface area contributed by atoms with E-state index < -0.39 is 64.0 Å². The molecule has 32 heavy (non-hydrogen) atoms. The number of hydrogen-bond donors (Lipinski definition) is 2. The number of carbonyl (C=O) groups is 3. The summed E-state index contributed by atoms with van der Waals surface area (Å²) in [5, 5.41) is 23.3. The Kier molecular flexibility index (Phi) is 5.20. The second-order valence-electron chi connectivity index (χ2n) is 10.8. The van der Waals surface area contributed by atoms with Crippen molar-refractivity contribution in [3.05, 3.63) is 11.1 Å². The van der Waals surface area contributed by atoms with Crippen molar-refractivity contribution in [2.75, 3.05) is 6.61 Å². The van der Waals surface area contributed by atoms with Crippen LogP contribution >= 0.6 is 0 Å². The number of rotatable bonds is 2. The van der Waals surface area contributed by atoms with Crippen LogP contribution < -0.4 is 0 Å². The van der Waals surface area contributed by atoms with E-state index in [9.17, 15) is 24.6 Å². The van der Waals surface area contributed by atoms with Crippen LogP contribution in [-0.2, 0) is 28.6 Å². The Morgan fingerprint density at radius 2 is 1.81 bits per heavy atom. The number of ketones is 1. The molecule has 3 fully saturated rings. The van der Waals surface area contributed by atoms with E-state index in [0.29, 0.717) is 18.4 Å². The number of aliphatic hydroxyl groups excluding tert-OH is 1. The minimum absolute atomic E-state index is 0.0912. The van der Waals surface area contributed by atoms with Crippen molar-refractivity contribution in [1.29, 1.82) is 0 Å². The Labute approximate surface area is 188 Å². The largest absolute Gasteiger partial charge is 0.454 e. The molecule has 4 rings (SSSR count). The van der Waals surface area contributed by atoms with Gasteiger partial charge < -0.3 is 24.4 Å². The van der Waals surface area contributed by atoms with Gasteiger partial charge in [0.25, 0.3) is 0 Å². The average molecular weight is 451 g/mol. The van der Waals surface area contributed by atoms with Crippen LogP contribution in [0.2, 0.25) is 0 Å². The van der Waals surface area contributed by atoms with Crippen molar-refractivity contribution in [2.45, 2.75) is 96.7 Å². The zero-order chi connectivity index (χ0) is 23.9. The van der Waals surface area contributed by atoms with E-state index in [1.54, 1.807) is 6.92 Å². The number of ether oxygens (including phenoxy) is 3. The predicted molar refractivity (Wildman–Crippen MR) is 112 cm³/mol. The summed E-state index contributed by atoms with van der Waals surface area (Å²) in [6, 6.07) is 0. The van der Waals surface area contributed by atoms with E-state index in [2.05, 4.69) is 0 Å². The molecule has 1 heterocycles. The number of esters is 2. The van der Waals surface area contributed by atoms with Gasteiger partial charge in [0.05, 0.1) is 23.7 Å². The van der Waals surface area contributed by atoms with Crippen molar-refractivity contribution in [2.24, 2.45) is 16.7 Å². The van der Waals surface area contributed by atoms with E-state index in [-0.39, 0.29) is 19.4 Å². The molecule has 4 aliphatic rings. The Hall–Kier alpha value is -1.77. The van der Waals surface area contributed by atoms with Gasteiger partial charge in [-0.3, -0.25) is 14.4 Å². The first-order valence-corrected chi connectivity index (χ1v) is 11.3. The van der Waals surface area contributed by atoms with Crippen LogP contribution in [0.1, 0.15) is 67.2 Å². The van der Waals surface area contributed by atoms with Gasteiger partial charge in [-0.15, -0.1) is 0 Å². The standard InChI is InChI=1S/C24H34O8/c1-12-7-8-23(29)10-15-22(6,16(27)9-17-24(15,11-30-17)32-14(3)26)20(28)19(31-13(2)25)18(12)21(23,4)5/h15-17,19,27,29H,7-11H2,1-6H3/t15-,16-,17+,19+,22-,23+,24+/m0/s1. The molecule has 0 aromatic carbocycles. The summed E-state index contributed by atoms with van der Waals surface area (Å²) in [7, 11) is 0. The van der Waals surface area contributed by atoms with Gasteiger partial charge in [0.1, 0.15) is 6.10 Å². The van der Waals surface area contributed by atoms with E-state index in [0.717, 1.165) is 5.57 Å². The van der Waals surface area contributed by atoms with Crippen molar-refractivity contribution < 1.29 is 38.8 Å². The maximum absolute atomic E-state index is 14.2. The number of carbonyl (C=O) groups excluding carboxylic acids is 3. The number of Topliss-reactive ketones (excluding diaryl/α,β-unsaturated/α-hetero) is 1. The van der Waals surface area contributed by atoms with Gasteiger partial charge in [-0.05, 0) is 38.7 Å². The third-order valence-corrected chi connectivity index (χ3v) is 8.90. The number of hydrogen-bond acceptors (Lipinski definition) is 8. The van der Waals surface area contributed by atoms with Crippen molar-refractivity contribution in [3.63, 3.8) is 0 Å². The predicted octanol–water partition coefficient (Wildman–Crippen LogP) is 1.85. The Morgan fingerprint density at radius 1 is 1.16 bits per heavy atom. The summed E-state index contributed by atoms with van der Waals surface area (Å²) in [6.07, 6.45) is -1.66. The zero-order valence-corrected chi connectivity index (χ0v) is 19.7. The molecule has 8 nitrogen and oxygen atoms in total. The number of aliphatic hydroxyl groups is 2. The topological polar surface area (TPSA) is 119 Å². The summed E-state index contributed by atoms with van der Waals surface area (Å²) in [5.74, 6) is -2.25. The molecule has 0 unspecified atom stereocenters. The molecular weight excluding hydrogens is 416 g/mol. The second-order valence-corrected chi connectivity index (χ2v) is 10.8. The quantitative estimate of drug-likeness (QED) is 0.483. The fourth-order valence-electron chi connectivity index (χ4n) is 6.86. The van der Waals surface area contributed by atoms with E-state index in [4.69, 9.17) is 14.2 Å². The molecule has 0 radical (unpaired) electrons. The van der Waals surface area contributed by atoms with Gasteiger partial charge in [0.2, 0.25) is 0 Å². The van der Waals surface area contributed by atoms with Crippen LogP contribution in [0.4, 0.5) is 0 Å². The molecule has 3 aliphatic carbocycles. The molecule has 7 atom stereocenters. The molecule has 0 spiro atoms. The van der Waals surface area contributed by atoms with Crippen LogP contribution in [0.5, 0.6) is 0 Å². The van der Waals surface area contributed by atoms with Gasteiger partial charge in [-0.2, -0.15) is 0 Å². The highest BCUT2D eigenvalue weighted by Gasteiger charge is 2.73. The molecule has 8 heteroatoms. The first kappa shape index (κ1) is 23.4. The lowest BCUT2D eigenvalue weighted by Gasteiger charge is -2.65. The van der Waals surface area contributed by atoms with E-state index in [1.165, 1.54) is 13.8 Å². The third kappa shape index (κ3) is 2.88. The second kappa shape index (κ2) is 7.11. The van der Waals surface area contributed by atoms with E-state index >= 15 is 0 Å². The van der Waals surface area contributed by atoms with E-state index in [1.807, 2.05) is 20.8 Å². The van der Waals surface area contributed by atoms with Gasteiger partial charge in [0, 0.05) is 31.6 Å². The lowest BCUT2D eigenvalue weighted by Crippen LogP contribution is -2.77. The zero-order valence-electron chi connectivity index (χ0n) is 19.7. The summed E-state index contributed by atoms with van der Waals surface area (Å²) in [5.41, 5.74) is -3.18. The molecule has 2 N–H and O–H groups in total. The van der Waals surface area contributed by atoms with Crippen LogP contribution in [0.3, 0.4) is 0 Å². The maximum atomic E-state index is 14.2. The molecule has 2 bridgehead atoms.